The molecular formula is C13H20N2O3. The molecule has 1 aliphatic heterocycles. The number of carbonyl (C=O) groups is 1. The van der Waals surface area contributed by atoms with Gasteiger partial charge in [-0.2, -0.15) is 0 Å². The highest BCUT2D eigenvalue weighted by Gasteiger charge is 2.18. The zero-order valence-corrected chi connectivity index (χ0v) is 10.8. The van der Waals surface area contributed by atoms with Gasteiger partial charge in [0.2, 0.25) is 0 Å². The van der Waals surface area contributed by atoms with Crippen molar-refractivity contribution in [3.05, 3.63) is 17.5 Å². The average Bonchev–Trinajstić information content (AvgIpc) is 3.04. The van der Waals surface area contributed by atoms with Crippen LogP contribution >= 0.6 is 0 Å². The van der Waals surface area contributed by atoms with Gasteiger partial charge >= 0.3 is 0 Å². The highest BCUT2D eigenvalue weighted by Crippen LogP contribution is 2.11. The van der Waals surface area contributed by atoms with Crippen LogP contribution in [0.2, 0.25) is 0 Å². The molecule has 100 valence electrons. The zero-order chi connectivity index (χ0) is 12.8. The molecule has 1 saturated heterocycles. The summed E-state index contributed by atoms with van der Waals surface area (Å²) in [7, 11) is 0. The number of hydrogen-bond acceptors (Lipinski definition) is 4. The highest BCUT2D eigenvalue weighted by molar-refractivity contribution is 5.92. The smallest absolute Gasteiger partial charge is 0.273 e. The summed E-state index contributed by atoms with van der Waals surface area (Å²) in [5.74, 6) is 1.06. The normalized spacial score (nSPS) is 19.1. The van der Waals surface area contributed by atoms with Crippen molar-refractivity contribution in [3.63, 3.8) is 0 Å². The van der Waals surface area contributed by atoms with Crippen molar-refractivity contribution < 1.29 is 14.1 Å². The van der Waals surface area contributed by atoms with Crippen LogP contribution in [-0.4, -0.2) is 30.8 Å². The van der Waals surface area contributed by atoms with Crippen LogP contribution in [0, 0.1) is 5.92 Å². The number of nitrogens with zero attached hydrogens (tertiary/aromatic N) is 1. The predicted molar refractivity (Wildman–Crippen MR) is 66.4 cm³/mol. The number of ether oxygens (including phenoxy) is 1. The minimum absolute atomic E-state index is 0.159. The third-order valence-corrected chi connectivity index (χ3v) is 3.14. The van der Waals surface area contributed by atoms with Crippen LogP contribution in [-0.2, 0) is 11.2 Å². The third kappa shape index (κ3) is 3.57. The first-order chi connectivity index (χ1) is 8.79. The van der Waals surface area contributed by atoms with Gasteiger partial charge in [-0.25, -0.2) is 0 Å². The Hall–Kier alpha value is -1.36. The van der Waals surface area contributed by atoms with E-state index < -0.39 is 0 Å². The van der Waals surface area contributed by atoms with Gasteiger partial charge in [0.05, 0.1) is 6.61 Å². The molecule has 0 saturated carbocycles. The lowest BCUT2D eigenvalue weighted by molar-refractivity contribution is 0.0936. The van der Waals surface area contributed by atoms with Crippen molar-refractivity contribution in [1.29, 1.82) is 0 Å². The van der Waals surface area contributed by atoms with E-state index in [0.29, 0.717) is 18.2 Å². The van der Waals surface area contributed by atoms with E-state index in [4.69, 9.17) is 9.26 Å². The van der Waals surface area contributed by atoms with Crippen LogP contribution in [0.5, 0.6) is 0 Å². The van der Waals surface area contributed by atoms with Crippen LogP contribution in [0.3, 0.4) is 0 Å². The van der Waals surface area contributed by atoms with Crippen LogP contribution in [0.1, 0.15) is 42.4 Å². The van der Waals surface area contributed by atoms with Crippen molar-refractivity contribution in [2.24, 2.45) is 5.92 Å². The maximum Gasteiger partial charge on any atom is 0.273 e. The van der Waals surface area contributed by atoms with Gasteiger partial charge in [0.1, 0.15) is 5.76 Å². The van der Waals surface area contributed by atoms with Crippen molar-refractivity contribution in [1.82, 2.24) is 10.5 Å². The molecule has 18 heavy (non-hydrogen) atoms. The van der Waals surface area contributed by atoms with Gasteiger partial charge in [0.15, 0.2) is 5.69 Å². The van der Waals surface area contributed by atoms with Gasteiger partial charge in [-0.15, -0.1) is 0 Å². The molecule has 0 aromatic carbocycles. The lowest BCUT2D eigenvalue weighted by atomic mass is 10.1. The second-order valence-corrected chi connectivity index (χ2v) is 4.72. The van der Waals surface area contributed by atoms with Crippen LogP contribution in [0.25, 0.3) is 0 Å². The first kappa shape index (κ1) is 13.1. The summed E-state index contributed by atoms with van der Waals surface area (Å²) in [6, 6.07) is 1.73. The Morgan fingerprint density at radius 1 is 1.61 bits per heavy atom. The van der Waals surface area contributed by atoms with E-state index in [1.54, 1.807) is 6.07 Å². The van der Waals surface area contributed by atoms with Crippen molar-refractivity contribution in [2.75, 3.05) is 19.8 Å². The fourth-order valence-electron chi connectivity index (χ4n) is 1.96. The van der Waals surface area contributed by atoms with E-state index in [1.807, 2.05) is 0 Å². The van der Waals surface area contributed by atoms with Crippen LogP contribution in [0.15, 0.2) is 10.6 Å². The molecule has 1 aliphatic rings. The van der Waals surface area contributed by atoms with Crippen LogP contribution < -0.4 is 5.32 Å². The van der Waals surface area contributed by atoms with Gasteiger partial charge < -0.3 is 14.6 Å². The molecule has 0 radical (unpaired) electrons. The van der Waals surface area contributed by atoms with Crippen LogP contribution in [0.4, 0.5) is 0 Å². The quantitative estimate of drug-likeness (QED) is 0.838. The topological polar surface area (TPSA) is 64.4 Å². The fraction of sp³-hybridized carbons (Fsp3) is 0.692. The summed E-state index contributed by atoms with van der Waals surface area (Å²) in [6.07, 6.45) is 4.01. The first-order valence-electron chi connectivity index (χ1n) is 6.61. The average molecular weight is 252 g/mol. The molecule has 0 aliphatic carbocycles. The minimum Gasteiger partial charge on any atom is -0.381 e. The lowest BCUT2D eigenvalue weighted by Crippen LogP contribution is -2.29. The molecule has 1 amide bonds. The monoisotopic (exact) mass is 252 g/mol. The van der Waals surface area contributed by atoms with E-state index >= 15 is 0 Å². The SMILES string of the molecule is CCCCc1cc(C(=O)NCC2CCOC2)no1. The molecule has 0 bridgehead atoms. The number of carbonyl (C=O) groups excluding carboxylic acids is 1. The van der Waals surface area contributed by atoms with Gasteiger partial charge in [-0.05, 0) is 12.8 Å². The molecular weight excluding hydrogens is 232 g/mol. The molecule has 1 aromatic heterocycles. The van der Waals surface area contributed by atoms with Gasteiger partial charge in [-0.1, -0.05) is 18.5 Å². The Balaban J connectivity index is 1.78. The van der Waals surface area contributed by atoms with Gasteiger partial charge in [-0.3, -0.25) is 4.79 Å². The number of aromatic nitrogens is 1. The Labute approximate surface area is 107 Å². The number of hydrogen-bond donors (Lipinski definition) is 1. The summed E-state index contributed by atoms with van der Waals surface area (Å²) in [5, 5.41) is 6.66. The van der Waals surface area contributed by atoms with E-state index in [0.717, 1.165) is 44.7 Å². The molecule has 1 unspecified atom stereocenters. The van der Waals surface area contributed by atoms with Crippen molar-refractivity contribution in [2.45, 2.75) is 32.6 Å². The molecule has 5 heteroatoms. The third-order valence-electron chi connectivity index (χ3n) is 3.14. The van der Waals surface area contributed by atoms with E-state index in [9.17, 15) is 4.79 Å². The number of aryl methyl sites for hydroxylation is 1. The molecule has 1 atom stereocenters. The first-order valence-corrected chi connectivity index (χ1v) is 6.61. The molecule has 1 aromatic rings. The number of amides is 1. The molecule has 1 N–H and O–H groups in total. The second-order valence-electron chi connectivity index (χ2n) is 4.72. The zero-order valence-electron chi connectivity index (χ0n) is 10.8. The van der Waals surface area contributed by atoms with Crippen molar-refractivity contribution >= 4 is 5.91 Å². The molecule has 5 nitrogen and oxygen atoms in total. The van der Waals surface area contributed by atoms with Gasteiger partial charge in [0, 0.05) is 31.6 Å². The Kier molecular flexibility index (Phi) is 4.75. The lowest BCUT2D eigenvalue weighted by Gasteiger charge is -2.07. The minimum atomic E-state index is -0.159. The largest absolute Gasteiger partial charge is 0.381 e. The number of unbranched alkanes of at least 4 members (excludes halogenated alkanes) is 1. The predicted octanol–water partition coefficient (Wildman–Crippen LogP) is 1.78. The Morgan fingerprint density at radius 3 is 3.22 bits per heavy atom. The number of rotatable bonds is 6. The van der Waals surface area contributed by atoms with Crippen molar-refractivity contribution in [3.8, 4) is 0 Å². The van der Waals surface area contributed by atoms with E-state index in [1.165, 1.54) is 0 Å². The highest BCUT2D eigenvalue weighted by atomic mass is 16.5. The Morgan fingerprint density at radius 2 is 2.50 bits per heavy atom. The summed E-state index contributed by atoms with van der Waals surface area (Å²) in [4.78, 5) is 11.8. The van der Waals surface area contributed by atoms with Gasteiger partial charge in [0.25, 0.3) is 5.91 Å². The number of nitrogens with one attached hydrogen (secondary N) is 1. The maximum atomic E-state index is 11.8. The summed E-state index contributed by atoms with van der Waals surface area (Å²) in [6.45, 7) is 4.30. The Bertz CT molecular complexity index is 383. The molecule has 2 heterocycles. The summed E-state index contributed by atoms with van der Waals surface area (Å²) in [5.41, 5.74) is 0.375. The maximum absolute atomic E-state index is 11.8. The summed E-state index contributed by atoms with van der Waals surface area (Å²) >= 11 is 0. The fourth-order valence-corrected chi connectivity index (χ4v) is 1.96. The standard InChI is InChI=1S/C13H20N2O3/c1-2-3-4-11-7-12(15-18-11)13(16)14-8-10-5-6-17-9-10/h7,10H,2-6,8-9H2,1H3,(H,14,16). The van der Waals surface area contributed by atoms with E-state index in [2.05, 4.69) is 17.4 Å². The van der Waals surface area contributed by atoms with E-state index in [-0.39, 0.29) is 5.91 Å². The molecule has 0 spiro atoms. The summed E-state index contributed by atoms with van der Waals surface area (Å²) < 4.78 is 10.4. The second kappa shape index (κ2) is 6.54. The molecule has 1 fully saturated rings. The molecule has 2 rings (SSSR count).